The van der Waals surface area contributed by atoms with Gasteiger partial charge in [-0.25, -0.2) is 0 Å². The predicted octanol–water partition coefficient (Wildman–Crippen LogP) is 2.20. The molecular weight excluding hydrogens is 200 g/mol. The summed E-state index contributed by atoms with van der Waals surface area (Å²) in [5.41, 5.74) is 5.69. The second kappa shape index (κ2) is 6.24. The van der Waals surface area contributed by atoms with Gasteiger partial charge in [-0.3, -0.25) is 4.79 Å². The van der Waals surface area contributed by atoms with Crippen LogP contribution in [0.25, 0.3) is 0 Å². The maximum Gasteiger partial charge on any atom is 0.227 e. The Morgan fingerprint density at radius 2 is 2.19 bits per heavy atom. The highest BCUT2D eigenvalue weighted by Crippen LogP contribution is 2.36. The van der Waals surface area contributed by atoms with Gasteiger partial charge in [-0.15, -0.1) is 0 Å². The lowest BCUT2D eigenvalue weighted by molar-refractivity contribution is -0.130. The van der Waals surface area contributed by atoms with Crippen LogP contribution in [0.1, 0.15) is 58.8 Å². The zero-order valence-corrected chi connectivity index (χ0v) is 10.7. The molecule has 94 valence electrons. The van der Waals surface area contributed by atoms with E-state index in [0.717, 1.165) is 32.2 Å². The molecule has 0 aromatic carbocycles. The van der Waals surface area contributed by atoms with Gasteiger partial charge < -0.3 is 11.1 Å². The number of carbonyl (C=O) groups excluding carboxylic acids is 1. The lowest BCUT2D eigenvalue weighted by atomic mass is 9.84. The third-order valence-electron chi connectivity index (χ3n) is 3.86. The van der Waals surface area contributed by atoms with Crippen molar-refractivity contribution in [2.45, 2.75) is 64.8 Å². The van der Waals surface area contributed by atoms with Crippen LogP contribution in [-0.4, -0.2) is 18.5 Å². The molecule has 1 rings (SSSR count). The normalized spacial score (nSPS) is 29.3. The summed E-state index contributed by atoms with van der Waals surface area (Å²) < 4.78 is 0. The molecular formula is C13H26N2O. The van der Waals surface area contributed by atoms with Gasteiger partial charge in [0, 0.05) is 12.6 Å². The van der Waals surface area contributed by atoms with Crippen molar-refractivity contribution in [3.63, 3.8) is 0 Å². The van der Waals surface area contributed by atoms with Crippen LogP contribution in [0.5, 0.6) is 0 Å². The van der Waals surface area contributed by atoms with Crippen LogP contribution in [0.4, 0.5) is 0 Å². The van der Waals surface area contributed by atoms with E-state index in [1.165, 1.54) is 19.3 Å². The number of nitrogens with two attached hydrogens (primary N) is 1. The van der Waals surface area contributed by atoms with Crippen molar-refractivity contribution >= 4 is 5.91 Å². The van der Waals surface area contributed by atoms with Crippen molar-refractivity contribution in [1.29, 1.82) is 0 Å². The fraction of sp³-hybridized carbons (Fsp3) is 0.923. The summed E-state index contributed by atoms with van der Waals surface area (Å²) in [7, 11) is 0. The van der Waals surface area contributed by atoms with Crippen LogP contribution in [-0.2, 0) is 4.79 Å². The van der Waals surface area contributed by atoms with Crippen LogP contribution in [0.2, 0.25) is 0 Å². The van der Waals surface area contributed by atoms with E-state index < -0.39 is 0 Å². The lowest BCUT2D eigenvalue weighted by Crippen LogP contribution is -2.47. The van der Waals surface area contributed by atoms with E-state index in [-0.39, 0.29) is 17.4 Å². The summed E-state index contributed by atoms with van der Waals surface area (Å²) in [5, 5.41) is 3.04. The van der Waals surface area contributed by atoms with E-state index in [0.29, 0.717) is 0 Å². The first-order chi connectivity index (χ1) is 7.61. The zero-order valence-electron chi connectivity index (χ0n) is 10.7. The molecule has 0 aliphatic heterocycles. The monoisotopic (exact) mass is 226 g/mol. The zero-order chi connectivity index (χ0) is 12.0. The Morgan fingerprint density at radius 1 is 1.44 bits per heavy atom. The highest BCUT2D eigenvalue weighted by Gasteiger charge is 2.42. The second-order valence-electron chi connectivity index (χ2n) is 5.23. The molecule has 0 aromatic heterocycles. The molecule has 0 saturated heterocycles. The van der Waals surface area contributed by atoms with Crippen molar-refractivity contribution in [2.24, 2.45) is 11.1 Å². The highest BCUT2D eigenvalue weighted by atomic mass is 16.2. The first kappa shape index (κ1) is 13.5. The number of nitrogens with one attached hydrogen (secondary N) is 1. The van der Waals surface area contributed by atoms with Crippen LogP contribution in [0, 0.1) is 5.41 Å². The molecule has 0 spiro atoms. The number of carbonyl (C=O) groups is 1. The predicted molar refractivity (Wildman–Crippen MR) is 67.1 cm³/mol. The number of unbranched alkanes of at least 4 members (excludes halogenated alkanes) is 3. The maximum atomic E-state index is 12.0. The van der Waals surface area contributed by atoms with Crippen LogP contribution in [0.3, 0.4) is 0 Å². The van der Waals surface area contributed by atoms with Crippen LogP contribution >= 0.6 is 0 Å². The van der Waals surface area contributed by atoms with E-state index in [1.54, 1.807) is 0 Å². The minimum atomic E-state index is -0.315. The molecule has 2 unspecified atom stereocenters. The van der Waals surface area contributed by atoms with Gasteiger partial charge in [0.1, 0.15) is 0 Å². The van der Waals surface area contributed by atoms with Gasteiger partial charge in [-0.2, -0.15) is 0 Å². The molecule has 1 aliphatic carbocycles. The van der Waals surface area contributed by atoms with Crippen molar-refractivity contribution in [2.75, 3.05) is 6.54 Å². The molecule has 0 radical (unpaired) electrons. The molecule has 1 saturated carbocycles. The van der Waals surface area contributed by atoms with Crippen molar-refractivity contribution in [1.82, 2.24) is 5.32 Å². The molecule has 0 bridgehead atoms. The topological polar surface area (TPSA) is 55.1 Å². The summed E-state index contributed by atoms with van der Waals surface area (Å²) in [4.78, 5) is 12.0. The Balaban J connectivity index is 2.24. The Hall–Kier alpha value is -0.570. The fourth-order valence-electron chi connectivity index (χ4n) is 2.43. The van der Waals surface area contributed by atoms with E-state index in [1.807, 2.05) is 6.92 Å². The average molecular weight is 226 g/mol. The average Bonchev–Trinajstić information content (AvgIpc) is 2.60. The quantitative estimate of drug-likeness (QED) is 0.682. The summed E-state index contributed by atoms with van der Waals surface area (Å²) in [5.74, 6) is 0.161. The summed E-state index contributed by atoms with van der Waals surface area (Å²) >= 11 is 0. The standard InChI is InChI=1S/C13H26N2O/c1-3-4-5-6-10-15-12(16)13(2)9-7-8-11(13)14/h11H,3-10,14H2,1-2H3,(H,15,16). The van der Waals surface area contributed by atoms with Crippen LogP contribution < -0.4 is 11.1 Å². The highest BCUT2D eigenvalue weighted by molar-refractivity contribution is 5.83. The molecule has 3 nitrogen and oxygen atoms in total. The van der Waals surface area contributed by atoms with Gasteiger partial charge in [0.15, 0.2) is 0 Å². The van der Waals surface area contributed by atoms with E-state index in [2.05, 4.69) is 12.2 Å². The summed E-state index contributed by atoms with van der Waals surface area (Å²) in [6.45, 7) is 5.00. The fourth-order valence-corrected chi connectivity index (χ4v) is 2.43. The molecule has 0 aromatic rings. The second-order valence-corrected chi connectivity index (χ2v) is 5.23. The molecule has 3 heteroatoms. The Bertz CT molecular complexity index is 230. The number of hydrogen-bond donors (Lipinski definition) is 2. The molecule has 16 heavy (non-hydrogen) atoms. The molecule has 1 fully saturated rings. The number of amides is 1. The van der Waals surface area contributed by atoms with Crippen molar-refractivity contribution in [3.05, 3.63) is 0 Å². The van der Waals surface area contributed by atoms with Gasteiger partial charge in [-0.05, 0) is 26.2 Å². The minimum absolute atomic E-state index is 0.0446. The Morgan fingerprint density at radius 3 is 2.75 bits per heavy atom. The van der Waals surface area contributed by atoms with Gasteiger partial charge in [0.05, 0.1) is 5.41 Å². The van der Waals surface area contributed by atoms with E-state index in [4.69, 9.17) is 5.73 Å². The van der Waals surface area contributed by atoms with E-state index >= 15 is 0 Å². The molecule has 0 heterocycles. The largest absolute Gasteiger partial charge is 0.356 e. The molecule has 1 amide bonds. The van der Waals surface area contributed by atoms with Crippen molar-refractivity contribution < 1.29 is 4.79 Å². The Labute approximate surface area is 99.2 Å². The van der Waals surface area contributed by atoms with Gasteiger partial charge in [0.25, 0.3) is 0 Å². The molecule has 3 N–H and O–H groups in total. The maximum absolute atomic E-state index is 12.0. The lowest BCUT2D eigenvalue weighted by Gasteiger charge is -2.27. The summed E-state index contributed by atoms with van der Waals surface area (Å²) in [6, 6.07) is 0.0446. The minimum Gasteiger partial charge on any atom is -0.356 e. The number of hydrogen-bond acceptors (Lipinski definition) is 2. The van der Waals surface area contributed by atoms with Gasteiger partial charge in [-0.1, -0.05) is 32.6 Å². The SMILES string of the molecule is CCCCCCNC(=O)C1(C)CCCC1N. The van der Waals surface area contributed by atoms with Crippen LogP contribution in [0.15, 0.2) is 0 Å². The number of rotatable bonds is 6. The first-order valence-electron chi connectivity index (χ1n) is 6.65. The molecule has 2 atom stereocenters. The first-order valence-corrected chi connectivity index (χ1v) is 6.65. The smallest absolute Gasteiger partial charge is 0.227 e. The van der Waals surface area contributed by atoms with Crippen molar-refractivity contribution in [3.8, 4) is 0 Å². The third kappa shape index (κ3) is 3.21. The van der Waals surface area contributed by atoms with Gasteiger partial charge >= 0.3 is 0 Å². The molecule has 1 aliphatic rings. The third-order valence-corrected chi connectivity index (χ3v) is 3.86. The van der Waals surface area contributed by atoms with Gasteiger partial charge in [0.2, 0.25) is 5.91 Å². The summed E-state index contributed by atoms with van der Waals surface area (Å²) in [6.07, 6.45) is 7.79. The Kier molecular flexibility index (Phi) is 5.26. The van der Waals surface area contributed by atoms with E-state index in [9.17, 15) is 4.79 Å².